The van der Waals surface area contributed by atoms with Gasteiger partial charge in [0.05, 0.1) is 0 Å². The van der Waals surface area contributed by atoms with Crippen LogP contribution in [0.25, 0.3) is 0 Å². The first-order valence-corrected chi connectivity index (χ1v) is 4.02. The van der Waals surface area contributed by atoms with Crippen LogP contribution in [0, 0.1) is 20.8 Å². The average Bonchev–Trinajstić information content (AvgIpc) is 1.94. The molecule has 0 aliphatic rings. The van der Waals surface area contributed by atoms with E-state index in [2.05, 4.69) is 45.9 Å². The molecule has 1 aromatic carbocycles. The third-order valence-corrected chi connectivity index (χ3v) is 2.18. The summed E-state index contributed by atoms with van der Waals surface area (Å²) in [4.78, 5) is 0. The Morgan fingerprint density at radius 1 is 1.27 bits per heavy atom. The largest absolute Gasteiger partial charge is 0.0617 e. The van der Waals surface area contributed by atoms with Gasteiger partial charge in [0.15, 0.2) is 0 Å². The minimum absolute atomic E-state index is 0.398. The van der Waals surface area contributed by atoms with E-state index in [1.54, 1.807) is 0 Å². The molecule has 59 valence electrons. The Labute approximate surface area is 69.3 Å². The van der Waals surface area contributed by atoms with Crippen molar-refractivity contribution in [2.45, 2.75) is 26.7 Å². The highest BCUT2D eigenvalue weighted by Gasteiger charge is 2.03. The molecular formula is C11H15. The molecule has 1 rings (SSSR count). The third kappa shape index (κ3) is 1.62. The highest BCUT2D eigenvalue weighted by Crippen LogP contribution is 2.20. The Morgan fingerprint density at radius 3 is 2.36 bits per heavy atom. The maximum absolute atomic E-state index is 4.01. The van der Waals surface area contributed by atoms with Crippen molar-refractivity contribution in [3.8, 4) is 0 Å². The first kappa shape index (κ1) is 8.32. The fourth-order valence-electron chi connectivity index (χ4n) is 1.31. The van der Waals surface area contributed by atoms with Crippen LogP contribution < -0.4 is 0 Å². The second-order valence-corrected chi connectivity index (χ2v) is 3.19. The predicted octanol–water partition coefficient (Wildman–Crippen LogP) is 3.24. The molecule has 0 saturated heterocycles. The minimum Gasteiger partial charge on any atom is -0.0617 e. The molecule has 0 amide bonds. The van der Waals surface area contributed by atoms with E-state index < -0.39 is 0 Å². The van der Waals surface area contributed by atoms with Gasteiger partial charge >= 0.3 is 0 Å². The SMILES string of the molecule is [CH2]C(C)c1cccc(C)c1C. The summed E-state index contributed by atoms with van der Waals surface area (Å²) in [5.74, 6) is 0.398. The summed E-state index contributed by atoms with van der Waals surface area (Å²) in [6.07, 6.45) is 0. The van der Waals surface area contributed by atoms with Crippen LogP contribution in [0.15, 0.2) is 18.2 Å². The number of hydrogen-bond donors (Lipinski definition) is 0. The fourth-order valence-corrected chi connectivity index (χ4v) is 1.31. The summed E-state index contributed by atoms with van der Waals surface area (Å²) in [5.41, 5.74) is 4.11. The molecule has 0 fully saturated rings. The van der Waals surface area contributed by atoms with Crippen LogP contribution in [0.5, 0.6) is 0 Å². The van der Waals surface area contributed by atoms with Gasteiger partial charge in [-0.25, -0.2) is 0 Å². The van der Waals surface area contributed by atoms with Gasteiger partial charge in [-0.3, -0.25) is 0 Å². The van der Waals surface area contributed by atoms with E-state index in [1.165, 1.54) is 16.7 Å². The molecule has 11 heavy (non-hydrogen) atoms. The predicted molar refractivity (Wildman–Crippen MR) is 49.7 cm³/mol. The summed E-state index contributed by atoms with van der Waals surface area (Å²) in [6.45, 7) is 10.4. The molecule has 0 bridgehead atoms. The molecule has 0 spiro atoms. The van der Waals surface area contributed by atoms with Gasteiger partial charge in [0, 0.05) is 0 Å². The van der Waals surface area contributed by atoms with Gasteiger partial charge in [-0.1, -0.05) is 25.1 Å². The number of benzene rings is 1. The summed E-state index contributed by atoms with van der Waals surface area (Å²) in [6, 6.07) is 6.39. The lowest BCUT2D eigenvalue weighted by atomic mass is 9.95. The monoisotopic (exact) mass is 147 g/mol. The fraction of sp³-hybridized carbons (Fsp3) is 0.364. The summed E-state index contributed by atoms with van der Waals surface area (Å²) in [5, 5.41) is 0. The van der Waals surface area contributed by atoms with E-state index in [0.717, 1.165) is 0 Å². The molecule has 0 aromatic heterocycles. The molecule has 0 N–H and O–H groups in total. The smallest absolute Gasteiger partial charge is 0.0187 e. The zero-order chi connectivity index (χ0) is 8.43. The van der Waals surface area contributed by atoms with E-state index >= 15 is 0 Å². The number of rotatable bonds is 1. The van der Waals surface area contributed by atoms with E-state index in [1.807, 2.05) is 0 Å². The average molecular weight is 147 g/mol. The van der Waals surface area contributed by atoms with Gasteiger partial charge in [-0.2, -0.15) is 0 Å². The zero-order valence-electron chi connectivity index (χ0n) is 7.52. The Hall–Kier alpha value is -0.780. The lowest BCUT2D eigenvalue weighted by molar-refractivity contribution is 0.944. The van der Waals surface area contributed by atoms with Gasteiger partial charge in [0.1, 0.15) is 0 Å². The number of hydrogen-bond acceptors (Lipinski definition) is 0. The van der Waals surface area contributed by atoms with Crippen LogP contribution in [0.4, 0.5) is 0 Å². The highest BCUT2D eigenvalue weighted by molar-refractivity contribution is 5.35. The van der Waals surface area contributed by atoms with Crippen molar-refractivity contribution in [1.82, 2.24) is 0 Å². The van der Waals surface area contributed by atoms with Gasteiger partial charge < -0.3 is 0 Å². The zero-order valence-corrected chi connectivity index (χ0v) is 7.52. The van der Waals surface area contributed by atoms with Crippen molar-refractivity contribution in [2.75, 3.05) is 0 Å². The lowest BCUT2D eigenvalue weighted by Crippen LogP contribution is -1.93. The Bertz CT molecular complexity index is 246. The van der Waals surface area contributed by atoms with Gasteiger partial charge in [-0.15, -0.1) is 0 Å². The third-order valence-electron chi connectivity index (χ3n) is 2.18. The second-order valence-electron chi connectivity index (χ2n) is 3.19. The first-order valence-electron chi connectivity index (χ1n) is 4.02. The molecule has 0 saturated carbocycles. The summed E-state index contributed by atoms with van der Waals surface area (Å²) >= 11 is 0. The van der Waals surface area contributed by atoms with E-state index in [9.17, 15) is 0 Å². The molecule has 1 radical (unpaired) electrons. The number of aryl methyl sites for hydroxylation is 1. The summed E-state index contributed by atoms with van der Waals surface area (Å²) < 4.78 is 0. The van der Waals surface area contributed by atoms with Gasteiger partial charge in [0.2, 0.25) is 0 Å². The first-order chi connectivity index (χ1) is 5.13. The van der Waals surface area contributed by atoms with Crippen molar-refractivity contribution < 1.29 is 0 Å². The molecule has 1 aromatic rings. The molecule has 0 aliphatic carbocycles. The minimum atomic E-state index is 0.398. The van der Waals surface area contributed by atoms with Crippen LogP contribution in [-0.2, 0) is 0 Å². The maximum Gasteiger partial charge on any atom is -0.0187 e. The Kier molecular flexibility index (Phi) is 2.33. The van der Waals surface area contributed by atoms with Crippen LogP contribution >= 0.6 is 0 Å². The molecule has 0 heterocycles. The Morgan fingerprint density at radius 2 is 1.91 bits per heavy atom. The highest BCUT2D eigenvalue weighted by atomic mass is 14.1. The summed E-state index contributed by atoms with van der Waals surface area (Å²) in [7, 11) is 0. The van der Waals surface area contributed by atoms with Crippen molar-refractivity contribution in [3.63, 3.8) is 0 Å². The van der Waals surface area contributed by atoms with Crippen LogP contribution in [0.1, 0.15) is 29.5 Å². The molecule has 1 atom stereocenters. The van der Waals surface area contributed by atoms with Crippen molar-refractivity contribution in [1.29, 1.82) is 0 Å². The van der Waals surface area contributed by atoms with Crippen LogP contribution in [0.3, 0.4) is 0 Å². The molecule has 1 unspecified atom stereocenters. The van der Waals surface area contributed by atoms with Crippen molar-refractivity contribution in [3.05, 3.63) is 41.8 Å². The topological polar surface area (TPSA) is 0 Å². The standard InChI is InChI=1S/C11H15/c1-8(2)11-7-5-6-9(3)10(11)4/h5-8H,1H2,2-4H3. The van der Waals surface area contributed by atoms with E-state index in [0.29, 0.717) is 5.92 Å². The second kappa shape index (κ2) is 3.08. The molecular weight excluding hydrogens is 132 g/mol. The Balaban J connectivity index is 3.17. The van der Waals surface area contributed by atoms with Crippen LogP contribution in [0.2, 0.25) is 0 Å². The molecule has 0 nitrogen and oxygen atoms in total. The van der Waals surface area contributed by atoms with Gasteiger partial charge in [-0.05, 0) is 43.4 Å². The van der Waals surface area contributed by atoms with Gasteiger partial charge in [0.25, 0.3) is 0 Å². The normalized spacial score (nSPS) is 10.6. The maximum atomic E-state index is 4.01. The van der Waals surface area contributed by atoms with Crippen molar-refractivity contribution >= 4 is 0 Å². The molecule has 0 aliphatic heterocycles. The van der Waals surface area contributed by atoms with E-state index in [4.69, 9.17) is 0 Å². The van der Waals surface area contributed by atoms with Crippen LogP contribution in [-0.4, -0.2) is 0 Å². The molecule has 0 heteroatoms. The van der Waals surface area contributed by atoms with Crippen molar-refractivity contribution in [2.24, 2.45) is 0 Å². The lowest BCUT2D eigenvalue weighted by Gasteiger charge is -2.10. The quantitative estimate of drug-likeness (QED) is 0.572. The van der Waals surface area contributed by atoms with E-state index in [-0.39, 0.29) is 0 Å².